The molecule has 0 spiro atoms. The molecule has 8 fully saturated rings. The molecule has 8 aliphatic carbocycles. The Morgan fingerprint density at radius 1 is 0.704 bits per heavy atom. The van der Waals surface area contributed by atoms with Crippen LogP contribution in [0.5, 0.6) is 0 Å². The number of aliphatic hydroxyl groups excluding tert-OH is 2. The molecule has 2 N–H and O–H groups in total. The van der Waals surface area contributed by atoms with Crippen molar-refractivity contribution in [3.63, 3.8) is 0 Å². The van der Waals surface area contributed by atoms with E-state index < -0.39 is 151 Å². The third-order valence-corrected chi connectivity index (χ3v) is 20.6. The van der Waals surface area contributed by atoms with E-state index in [9.17, 15) is 38.2 Å². The summed E-state index contributed by atoms with van der Waals surface area (Å²) in [4.78, 5) is 51.0. The molecular formula is C51H59F6NO11S2. The number of carbonyl (C=O) groups is 4. The third-order valence-electron chi connectivity index (χ3n) is 19.3. The van der Waals surface area contributed by atoms with E-state index in [1.54, 1.807) is 41.5 Å². The van der Waals surface area contributed by atoms with Gasteiger partial charge in [-0.15, -0.1) is 0 Å². The summed E-state index contributed by atoms with van der Waals surface area (Å²) in [6.45, 7) is 13.3. The quantitative estimate of drug-likeness (QED) is 0.269. The largest absolute Gasteiger partial charge is 0.390 e. The summed E-state index contributed by atoms with van der Waals surface area (Å²) in [6.07, 6.45) is -2.03. The molecule has 0 aromatic carbocycles. The Balaban J connectivity index is 0.000000166. The molecule has 71 heavy (non-hydrogen) atoms. The van der Waals surface area contributed by atoms with Crippen LogP contribution >= 0.6 is 23.5 Å². The Bertz CT molecular complexity index is 2590. The molecule has 2 aliphatic heterocycles. The van der Waals surface area contributed by atoms with Crippen molar-refractivity contribution in [3.8, 4) is 0 Å². The fourth-order valence-corrected chi connectivity index (χ4v) is 17.7. The van der Waals surface area contributed by atoms with Crippen molar-refractivity contribution in [1.29, 1.82) is 0 Å². The predicted octanol–water partition coefficient (Wildman–Crippen LogP) is 8.55. The number of ketones is 2. The number of carbonyl (C=O) groups excluding carboxylic acids is 4. The van der Waals surface area contributed by atoms with Crippen molar-refractivity contribution in [2.45, 2.75) is 165 Å². The van der Waals surface area contributed by atoms with Crippen LogP contribution in [0, 0.1) is 59.2 Å². The van der Waals surface area contributed by atoms with E-state index in [2.05, 4.69) is 5.16 Å². The monoisotopic (exact) mass is 1040 g/mol. The molecule has 1 aromatic heterocycles. The molecular weight excluding hydrogens is 981 g/mol. The molecule has 1 aromatic rings. The average molecular weight is 1040 g/mol. The van der Waals surface area contributed by atoms with Gasteiger partial charge in [-0.25, -0.2) is 26.3 Å². The fourth-order valence-electron chi connectivity index (χ4n) is 16.2. The second-order valence-corrected chi connectivity index (χ2v) is 24.4. The van der Waals surface area contributed by atoms with Gasteiger partial charge in [0.2, 0.25) is 10.2 Å². The van der Waals surface area contributed by atoms with E-state index in [1.165, 1.54) is 38.2 Å². The van der Waals surface area contributed by atoms with E-state index >= 15 is 17.6 Å². The summed E-state index contributed by atoms with van der Waals surface area (Å²) in [5, 5.41) is 25.7. The van der Waals surface area contributed by atoms with Crippen LogP contribution in [0.3, 0.4) is 0 Å². The molecule has 11 rings (SSSR count). The maximum absolute atomic E-state index is 17.4. The Kier molecular flexibility index (Phi) is 11.9. The second kappa shape index (κ2) is 16.4. The summed E-state index contributed by atoms with van der Waals surface area (Å²) in [5.74, 6) is -4.66. The maximum atomic E-state index is 17.4. The molecule has 0 radical (unpaired) electrons. The molecule has 0 amide bonds. The van der Waals surface area contributed by atoms with Crippen LogP contribution in [0.15, 0.2) is 52.1 Å². The highest BCUT2D eigenvalue weighted by molar-refractivity contribution is 8.14. The van der Waals surface area contributed by atoms with Crippen molar-refractivity contribution < 1.29 is 79.2 Å². The summed E-state index contributed by atoms with van der Waals surface area (Å²) in [6, 6.07) is -1.95. The van der Waals surface area contributed by atoms with Crippen molar-refractivity contribution in [1.82, 2.24) is 5.16 Å². The van der Waals surface area contributed by atoms with E-state index in [0.29, 0.717) is 40.5 Å². The van der Waals surface area contributed by atoms with E-state index in [4.69, 9.17) is 23.5 Å². The first-order valence-electron chi connectivity index (χ1n) is 24.1. The number of hydrogen-bond acceptors (Lipinski definition) is 14. The van der Waals surface area contributed by atoms with Crippen LogP contribution in [-0.4, -0.2) is 114 Å². The van der Waals surface area contributed by atoms with Crippen LogP contribution in [-0.2, 0) is 38.1 Å². The van der Waals surface area contributed by atoms with Crippen molar-refractivity contribution in [3.05, 3.63) is 64.6 Å². The minimum absolute atomic E-state index is 0.0225. The van der Waals surface area contributed by atoms with Gasteiger partial charge in [0.05, 0.1) is 35.7 Å². The Labute approximate surface area is 415 Å². The number of ether oxygens (including phenoxy) is 4. The standard InChI is InChI=1S/C27H30F3NO6S.C24H29F3O5S/c1-12-21(13(2)37-31-12)22-35-20-9-15-16-8-18(29)17-7-14(32)5-6-24(17,3)26(16,30)19(33)10-25(15,4)27(20,36-22)23(34)38-11-28;1-20(2)31-18-9-13-14-8-16(26)15-7-12(28)5-6-21(15,3)23(14,27)17(29)10-22(13,4)24(18,32-20)19(30)33-11-25/h5-7,15-16,18-20,22,33H,8-11H2,1-4H3;5-7,13-14,16-18,29H,8-11H2,1-4H3/t15-,16-,18-,19-,20+,22?,24-,25-,26-,27-;13-,14-,16-,17-,18+,21-,22-,23-,24-/m00/s1. The smallest absolute Gasteiger partial charge is 0.226 e. The number of alkyl halides is 6. The maximum Gasteiger partial charge on any atom is 0.226 e. The van der Waals surface area contributed by atoms with Gasteiger partial charge in [-0.1, -0.05) is 54.7 Å². The molecule has 1 unspecified atom stereocenters. The predicted molar refractivity (Wildman–Crippen MR) is 245 cm³/mol. The molecule has 388 valence electrons. The van der Waals surface area contributed by atoms with Crippen molar-refractivity contribution in [2.24, 2.45) is 45.3 Å². The lowest BCUT2D eigenvalue weighted by Crippen LogP contribution is -2.70. The number of thioether (sulfide) groups is 2. The average Bonchev–Trinajstić information content (AvgIpc) is 4.04. The van der Waals surface area contributed by atoms with Gasteiger partial charge in [0.15, 0.2) is 46.2 Å². The number of hydrogen-bond donors (Lipinski definition) is 2. The molecule has 19 atom stereocenters. The summed E-state index contributed by atoms with van der Waals surface area (Å²) in [7, 11) is 0. The number of halogens is 6. The Morgan fingerprint density at radius 3 is 1.63 bits per heavy atom. The van der Waals surface area contributed by atoms with Crippen LogP contribution in [0.1, 0.15) is 103 Å². The molecule has 12 nitrogen and oxygen atoms in total. The van der Waals surface area contributed by atoms with Crippen LogP contribution in [0.4, 0.5) is 26.3 Å². The molecule has 20 heteroatoms. The van der Waals surface area contributed by atoms with Crippen LogP contribution in [0.2, 0.25) is 0 Å². The number of aliphatic hydroxyl groups is 2. The lowest BCUT2D eigenvalue weighted by molar-refractivity contribution is -0.246. The number of aryl methyl sites for hydroxylation is 2. The highest BCUT2D eigenvalue weighted by Gasteiger charge is 2.82. The number of rotatable bonds is 5. The SMILES string of the molecule is CC1(C)O[C@@H]2C[C@H]3[C@@H]4C[C@H](F)C5=CC(=O)C=C[C@]5(C)[C@@]4(F)[C@@H](O)C[C@]3(C)[C@]2(C(=O)SCF)O1.Cc1noc(C)c1C1O[C@@H]2C[C@H]3[C@@H]4C[C@H](F)C5=CC(=O)C=C[C@]5(C)[C@@]4(F)[C@@H](O)C[C@]3(C)[C@]2(C(=O)SCF)O1. The van der Waals surface area contributed by atoms with Gasteiger partial charge in [-0.3, -0.25) is 19.2 Å². The van der Waals surface area contributed by atoms with Crippen molar-refractivity contribution >= 4 is 45.3 Å². The number of fused-ring (bicyclic) bond motifs is 14. The highest BCUT2D eigenvalue weighted by Crippen LogP contribution is 2.75. The van der Waals surface area contributed by atoms with E-state index in [-0.39, 0.29) is 49.7 Å². The summed E-state index contributed by atoms with van der Waals surface area (Å²) < 4.78 is 123. The first kappa shape index (κ1) is 51.4. The second-order valence-electron chi connectivity index (χ2n) is 22.7. The molecule has 10 aliphatic rings. The van der Waals surface area contributed by atoms with Gasteiger partial charge in [0, 0.05) is 33.5 Å². The first-order chi connectivity index (χ1) is 33.1. The highest BCUT2D eigenvalue weighted by atomic mass is 32.2. The minimum Gasteiger partial charge on any atom is -0.390 e. The zero-order valence-electron chi connectivity index (χ0n) is 40.6. The van der Waals surface area contributed by atoms with Gasteiger partial charge < -0.3 is 33.7 Å². The molecule has 3 heterocycles. The number of aromatic nitrogens is 1. The zero-order chi connectivity index (χ0) is 51.6. The molecule has 2 saturated heterocycles. The summed E-state index contributed by atoms with van der Waals surface area (Å²) in [5.41, 5.74) is -12.1. The number of nitrogens with zero attached hydrogens (tertiary/aromatic N) is 1. The van der Waals surface area contributed by atoms with Gasteiger partial charge in [0.1, 0.15) is 30.1 Å². The molecule has 6 saturated carbocycles. The first-order valence-corrected chi connectivity index (χ1v) is 26.1. The molecule has 0 bridgehead atoms. The number of allylic oxidation sites excluding steroid dienone is 8. The van der Waals surface area contributed by atoms with E-state index in [1.807, 2.05) is 0 Å². The van der Waals surface area contributed by atoms with E-state index in [0.717, 1.165) is 12.2 Å². The lowest BCUT2D eigenvalue weighted by Gasteiger charge is -2.63. The fraction of sp³-hybridized carbons (Fsp3) is 0.706. The normalized spacial score (nSPS) is 49.4. The van der Waals surface area contributed by atoms with Gasteiger partial charge in [-0.2, -0.15) is 0 Å². The van der Waals surface area contributed by atoms with Gasteiger partial charge in [-0.05, 0) is 127 Å². The third kappa shape index (κ3) is 6.39. The zero-order valence-corrected chi connectivity index (χ0v) is 42.2. The Hall–Kier alpha value is -3.11. The van der Waals surface area contributed by atoms with Gasteiger partial charge in [0.25, 0.3) is 0 Å². The lowest BCUT2D eigenvalue weighted by atomic mass is 9.44. The topological polar surface area (TPSA) is 172 Å². The van der Waals surface area contributed by atoms with Crippen LogP contribution in [0.25, 0.3) is 0 Å². The minimum atomic E-state index is -2.31. The van der Waals surface area contributed by atoms with Gasteiger partial charge >= 0.3 is 0 Å². The summed E-state index contributed by atoms with van der Waals surface area (Å²) >= 11 is 0.930. The van der Waals surface area contributed by atoms with Crippen LogP contribution < -0.4 is 0 Å². The Morgan fingerprint density at radius 2 is 1.17 bits per heavy atom. The van der Waals surface area contributed by atoms with Crippen molar-refractivity contribution in [2.75, 3.05) is 12.0 Å².